The van der Waals surface area contributed by atoms with Crippen molar-refractivity contribution in [3.63, 3.8) is 0 Å². The van der Waals surface area contributed by atoms with Crippen LogP contribution in [0.3, 0.4) is 0 Å². The number of rotatable bonds is 6. The van der Waals surface area contributed by atoms with E-state index in [1.54, 1.807) is 6.92 Å². The van der Waals surface area contributed by atoms with Crippen molar-refractivity contribution >= 4 is 11.8 Å². The molecule has 128 valence electrons. The van der Waals surface area contributed by atoms with E-state index in [9.17, 15) is 9.59 Å². The lowest BCUT2D eigenvalue weighted by atomic mass is 10.1. The van der Waals surface area contributed by atoms with Gasteiger partial charge in [0.25, 0.3) is 0 Å². The maximum atomic E-state index is 11.9. The molecule has 0 fully saturated rings. The molecular weight excluding hydrogens is 292 g/mol. The SMILES string of the molecule is Cc1cccc(OCCC(=O)N[C@@H](C)C(=O)NC(C)(C)C)c1C. The highest BCUT2D eigenvalue weighted by molar-refractivity contribution is 5.87. The molecule has 0 saturated heterocycles. The van der Waals surface area contributed by atoms with Gasteiger partial charge in [-0.1, -0.05) is 12.1 Å². The summed E-state index contributed by atoms with van der Waals surface area (Å²) in [6.07, 6.45) is 0.209. The van der Waals surface area contributed by atoms with Crippen molar-refractivity contribution in [2.75, 3.05) is 6.61 Å². The highest BCUT2D eigenvalue weighted by atomic mass is 16.5. The zero-order chi connectivity index (χ0) is 17.6. The van der Waals surface area contributed by atoms with Crippen molar-refractivity contribution in [3.05, 3.63) is 29.3 Å². The molecule has 23 heavy (non-hydrogen) atoms. The van der Waals surface area contributed by atoms with E-state index in [1.165, 1.54) is 0 Å². The Balaban J connectivity index is 2.40. The van der Waals surface area contributed by atoms with Gasteiger partial charge in [-0.2, -0.15) is 0 Å². The van der Waals surface area contributed by atoms with Crippen LogP contribution in [0.25, 0.3) is 0 Å². The second kappa shape index (κ2) is 7.99. The summed E-state index contributed by atoms with van der Waals surface area (Å²) in [5, 5.41) is 5.52. The summed E-state index contributed by atoms with van der Waals surface area (Å²) in [5.41, 5.74) is 1.91. The molecule has 2 N–H and O–H groups in total. The summed E-state index contributed by atoms with van der Waals surface area (Å²) in [6.45, 7) is 11.7. The molecular formula is C18H28N2O3. The molecule has 0 aliphatic carbocycles. The van der Waals surface area contributed by atoms with Crippen LogP contribution in [0.15, 0.2) is 18.2 Å². The van der Waals surface area contributed by atoms with Crippen LogP contribution in [0.1, 0.15) is 45.2 Å². The Labute approximate surface area is 138 Å². The molecule has 0 unspecified atom stereocenters. The molecule has 1 aromatic carbocycles. The summed E-state index contributed by atoms with van der Waals surface area (Å²) in [6, 6.07) is 5.27. The molecule has 0 aliphatic heterocycles. The van der Waals surface area contributed by atoms with Crippen LogP contribution in [0.2, 0.25) is 0 Å². The monoisotopic (exact) mass is 320 g/mol. The summed E-state index contributed by atoms with van der Waals surface area (Å²) in [7, 11) is 0. The minimum absolute atomic E-state index is 0.193. The standard InChI is InChI=1S/C18H28N2O3/c1-12-8-7-9-15(13(12)2)23-11-10-16(21)19-14(3)17(22)20-18(4,5)6/h7-9,14H,10-11H2,1-6H3,(H,19,21)(H,20,22)/t14-/m0/s1. The van der Waals surface area contributed by atoms with Gasteiger partial charge in [-0.25, -0.2) is 0 Å². The van der Waals surface area contributed by atoms with Gasteiger partial charge in [0.15, 0.2) is 0 Å². The number of aryl methyl sites for hydroxylation is 1. The first-order valence-electron chi connectivity index (χ1n) is 7.90. The van der Waals surface area contributed by atoms with Crippen LogP contribution in [0.5, 0.6) is 5.75 Å². The average molecular weight is 320 g/mol. The van der Waals surface area contributed by atoms with E-state index in [0.29, 0.717) is 0 Å². The third-order valence-electron chi connectivity index (χ3n) is 3.41. The molecule has 0 aromatic heterocycles. The molecule has 5 nitrogen and oxygen atoms in total. The van der Waals surface area contributed by atoms with E-state index in [-0.39, 0.29) is 30.4 Å². The van der Waals surface area contributed by atoms with E-state index < -0.39 is 6.04 Å². The largest absolute Gasteiger partial charge is 0.493 e. The fourth-order valence-electron chi connectivity index (χ4n) is 1.99. The van der Waals surface area contributed by atoms with E-state index in [0.717, 1.165) is 16.9 Å². The lowest BCUT2D eigenvalue weighted by molar-refractivity contribution is -0.129. The zero-order valence-corrected chi connectivity index (χ0v) is 14.9. The number of benzene rings is 1. The number of ether oxygens (including phenoxy) is 1. The minimum Gasteiger partial charge on any atom is -0.493 e. The number of hydrogen-bond donors (Lipinski definition) is 2. The average Bonchev–Trinajstić information content (AvgIpc) is 2.41. The molecule has 0 bridgehead atoms. The second-order valence-electron chi connectivity index (χ2n) is 6.82. The van der Waals surface area contributed by atoms with Crippen molar-refractivity contribution in [2.24, 2.45) is 0 Å². The molecule has 0 spiro atoms. The van der Waals surface area contributed by atoms with Crippen LogP contribution >= 0.6 is 0 Å². The molecule has 0 radical (unpaired) electrons. The number of hydrogen-bond acceptors (Lipinski definition) is 3. The Bertz CT molecular complexity index is 562. The first-order valence-corrected chi connectivity index (χ1v) is 7.90. The first-order chi connectivity index (χ1) is 10.6. The molecule has 1 rings (SSSR count). The van der Waals surface area contributed by atoms with Crippen LogP contribution in [0, 0.1) is 13.8 Å². The van der Waals surface area contributed by atoms with E-state index >= 15 is 0 Å². The smallest absolute Gasteiger partial charge is 0.242 e. The van der Waals surface area contributed by atoms with Crippen LogP contribution < -0.4 is 15.4 Å². The van der Waals surface area contributed by atoms with Crippen molar-refractivity contribution in [2.45, 2.75) is 59.5 Å². The highest BCUT2D eigenvalue weighted by Crippen LogP contribution is 2.20. The van der Waals surface area contributed by atoms with Gasteiger partial charge in [-0.15, -0.1) is 0 Å². The Morgan fingerprint density at radius 3 is 2.48 bits per heavy atom. The lowest BCUT2D eigenvalue weighted by Gasteiger charge is -2.23. The van der Waals surface area contributed by atoms with Crippen LogP contribution in [-0.2, 0) is 9.59 Å². The van der Waals surface area contributed by atoms with Gasteiger partial charge in [0.2, 0.25) is 11.8 Å². The number of carbonyl (C=O) groups excluding carboxylic acids is 2. The van der Waals surface area contributed by atoms with Crippen molar-refractivity contribution in [1.29, 1.82) is 0 Å². The second-order valence-corrected chi connectivity index (χ2v) is 6.82. The molecule has 0 aliphatic rings. The number of nitrogens with one attached hydrogen (secondary N) is 2. The third kappa shape index (κ3) is 6.72. The van der Waals surface area contributed by atoms with Crippen molar-refractivity contribution in [3.8, 4) is 5.75 Å². The van der Waals surface area contributed by atoms with E-state index in [1.807, 2.05) is 52.8 Å². The number of carbonyl (C=O) groups is 2. The van der Waals surface area contributed by atoms with Gasteiger partial charge >= 0.3 is 0 Å². The third-order valence-corrected chi connectivity index (χ3v) is 3.41. The molecule has 0 heterocycles. The van der Waals surface area contributed by atoms with Crippen LogP contribution in [0.4, 0.5) is 0 Å². The fourth-order valence-corrected chi connectivity index (χ4v) is 1.99. The van der Waals surface area contributed by atoms with Gasteiger partial charge in [0.1, 0.15) is 11.8 Å². The van der Waals surface area contributed by atoms with Crippen molar-refractivity contribution in [1.82, 2.24) is 10.6 Å². The van der Waals surface area contributed by atoms with Gasteiger partial charge in [0, 0.05) is 5.54 Å². The van der Waals surface area contributed by atoms with Gasteiger partial charge in [-0.3, -0.25) is 9.59 Å². The highest BCUT2D eigenvalue weighted by Gasteiger charge is 2.20. The normalized spacial score (nSPS) is 12.4. The first kappa shape index (κ1) is 19.0. The van der Waals surface area contributed by atoms with Gasteiger partial charge in [0.05, 0.1) is 13.0 Å². The maximum absolute atomic E-state index is 11.9. The topological polar surface area (TPSA) is 67.4 Å². The molecule has 2 amide bonds. The van der Waals surface area contributed by atoms with Crippen LogP contribution in [-0.4, -0.2) is 30.0 Å². The Hall–Kier alpha value is -2.04. The predicted octanol–water partition coefficient (Wildman–Crippen LogP) is 2.49. The fraction of sp³-hybridized carbons (Fsp3) is 0.556. The molecule has 0 saturated carbocycles. The van der Waals surface area contributed by atoms with E-state index in [4.69, 9.17) is 4.74 Å². The lowest BCUT2D eigenvalue weighted by Crippen LogP contribution is -2.50. The van der Waals surface area contributed by atoms with Gasteiger partial charge in [-0.05, 0) is 58.7 Å². The maximum Gasteiger partial charge on any atom is 0.242 e. The Morgan fingerprint density at radius 2 is 1.87 bits per heavy atom. The van der Waals surface area contributed by atoms with Crippen molar-refractivity contribution < 1.29 is 14.3 Å². The zero-order valence-electron chi connectivity index (χ0n) is 14.9. The summed E-state index contributed by atoms with van der Waals surface area (Å²) < 4.78 is 5.65. The quantitative estimate of drug-likeness (QED) is 0.846. The van der Waals surface area contributed by atoms with Gasteiger partial charge < -0.3 is 15.4 Å². The molecule has 1 aromatic rings. The summed E-state index contributed by atoms with van der Waals surface area (Å²) >= 11 is 0. The summed E-state index contributed by atoms with van der Waals surface area (Å²) in [4.78, 5) is 23.8. The molecule has 5 heteroatoms. The van der Waals surface area contributed by atoms with E-state index in [2.05, 4.69) is 10.6 Å². The number of amides is 2. The Kier molecular flexibility index (Phi) is 6.61. The Morgan fingerprint density at radius 1 is 1.22 bits per heavy atom. The minimum atomic E-state index is -0.567. The molecule has 1 atom stereocenters. The summed E-state index contributed by atoms with van der Waals surface area (Å²) in [5.74, 6) is 0.393. The predicted molar refractivity (Wildman–Crippen MR) is 91.5 cm³/mol.